The van der Waals surface area contributed by atoms with Crippen LogP contribution in [0.25, 0.3) is 6.08 Å². The minimum atomic E-state index is -0.871. The van der Waals surface area contributed by atoms with Gasteiger partial charge >= 0.3 is 0 Å². The fraction of sp³-hybridized carbons (Fsp3) is 0.412. The van der Waals surface area contributed by atoms with Crippen molar-refractivity contribution >= 4 is 17.8 Å². The summed E-state index contributed by atoms with van der Waals surface area (Å²) in [7, 11) is 0. The number of hydrogen-bond acceptors (Lipinski definition) is 3. The van der Waals surface area contributed by atoms with Gasteiger partial charge < -0.3 is 10.0 Å². The number of Topliss-reactive ketones (excluding diaryl/α,β-unsaturated/α-hetero) is 1. The lowest BCUT2D eigenvalue weighted by Gasteiger charge is -2.36. The molecule has 1 aromatic rings. The summed E-state index contributed by atoms with van der Waals surface area (Å²) in [5.74, 6) is 0.00546. The molecule has 1 amide bonds. The lowest BCUT2D eigenvalue weighted by atomic mass is 9.80. The second kappa shape index (κ2) is 5.45. The lowest BCUT2D eigenvalue weighted by molar-refractivity contribution is -0.135. The molecule has 110 valence electrons. The third-order valence-corrected chi connectivity index (χ3v) is 4.54. The Balaban J connectivity index is 1.73. The molecule has 1 aliphatic carbocycles. The third-order valence-electron chi connectivity index (χ3n) is 4.54. The van der Waals surface area contributed by atoms with Crippen LogP contribution in [0.1, 0.15) is 31.2 Å². The third kappa shape index (κ3) is 2.76. The first-order valence-electron chi connectivity index (χ1n) is 7.36. The number of aliphatic hydroxyl groups is 1. The summed E-state index contributed by atoms with van der Waals surface area (Å²) >= 11 is 0. The van der Waals surface area contributed by atoms with Crippen molar-refractivity contribution < 1.29 is 14.7 Å². The highest BCUT2D eigenvalue weighted by Gasteiger charge is 2.50. The van der Waals surface area contributed by atoms with Gasteiger partial charge in [-0.25, -0.2) is 0 Å². The van der Waals surface area contributed by atoms with Gasteiger partial charge in [0.15, 0.2) is 0 Å². The largest absolute Gasteiger partial charge is 0.388 e. The molecule has 1 heterocycles. The molecule has 0 aromatic heterocycles. The minimum absolute atomic E-state index is 0.130. The fourth-order valence-corrected chi connectivity index (χ4v) is 3.28. The normalized spacial score (nSPS) is 28.9. The van der Waals surface area contributed by atoms with E-state index in [2.05, 4.69) is 0 Å². The molecule has 1 saturated heterocycles. The van der Waals surface area contributed by atoms with E-state index in [-0.39, 0.29) is 24.2 Å². The summed E-state index contributed by atoms with van der Waals surface area (Å²) in [5, 5.41) is 10.6. The summed E-state index contributed by atoms with van der Waals surface area (Å²) in [6.07, 6.45) is 5.04. The van der Waals surface area contributed by atoms with Gasteiger partial charge in [-0.15, -0.1) is 0 Å². The highest BCUT2D eigenvalue weighted by molar-refractivity contribution is 5.93. The molecule has 0 spiro atoms. The zero-order valence-corrected chi connectivity index (χ0v) is 11.9. The summed E-state index contributed by atoms with van der Waals surface area (Å²) in [5.41, 5.74) is 0.0875. The number of fused-ring (bicyclic) bond motifs is 1. The van der Waals surface area contributed by atoms with E-state index in [4.69, 9.17) is 0 Å². The van der Waals surface area contributed by atoms with E-state index in [9.17, 15) is 14.7 Å². The number of carbonyl (C=O) groups excluding carboxylic acids is 2. The zero-order valence-electron chi connectivity index (χ0n) is 11.9. The summed E-state index contributed by atoms with van der Waals surface area (Å²) in [6, 6.07) is 9.25. The maximum Gasteiger partial charge on any atom is 0.246 e. The van der Waals surface area contributed by atoms with Gasteiger partial charge in [0.1, 0.15) is 5.78 Å². The number of ketones is 1. The van der Waals surface area contributed by atoms with Crippen LogP contribution in [0.5, 0.6) is 0 Å². The number of nitrogens with zero attached hydrogens (tertiary/aromatic N) is 1. The standard InChI is InChI=1S/C17H19NO3/c19-14-8-9-17(21)10-11-18(15(17)12-14)16(20)7-6-13-4-2-1-3-5-13/h1-7,15,21H,8-12H2/b7-6+/t15-,17+/m0/s1. The number of amides is 1. The van der Waals surface area contributed by atoms with E-state index in [1.807, 2.05) is 30.3 Å². The first-order valence-corrected chi connectivity index (χ1v) is 7.36. The van der Waals surface area contributed by atoms with Crippen molar-refractivity contribution in [3.63, 3.8) is 0 Å². The molecule has 21 heavy (non-hydrogen) atoms. The van der Waals surface area contributed by atoms with Crippen LogP contribution in [0.3, 0.4) is 0 Å². The van der Waals surface area contributed by atoms with Crippen LogP contribution in [0, 0.1) is 0 Å². The van der Waals surface area contributed by atoms with Crippen LogP contribution in [0.2, 0.25) is 0 Å². The Hall–Kier alpha value is -1.94. The van der Waals surface area contributed by atoms with Gasteiger partial charge in [-0.1, -0.05) is 30.3 Å². The van der Waals surface area contributed by atoms with E-state index < -0.39 is 5.60 Å². The summed E-state index contributed by atoms with van der Waals surface area (Å²) < 4.78 is 0. The second-order valence-electron chi connectivity index (χ2n) is 5.89. The molecule has 2 aliphatic rings. The van der Waals surface area contributed by atoms with Gasteiger partial charge in [0.25, 0.3) is 0 Å². The molecule has 1 aromatic carbocycles. The van der Waals surface area contributed by atoms with E-state index in [1.54, 1.807) is 11.0 Å². The van der Waals surface area contributed by atoms with Gasteiger partial charge in [0.2, 0.25) is 5.91 Å². The molecule has 1 aliphatic heterocycles. The molecule has 0 radical (unpaired) electrons. The number of benzene rings is 1. The van der Waals surface area contributed by atoms with Crippen molar-refractivity contribution in [2.45, 2.75) is 37.3 Å². The molecule has 1 saturated carbocycles. The van der Waals surface area contributed by atoms with Gasteiger partial charge in [-0.2, -0.15) is 0 Å². The Morgan fingerprint density at radius 1 is 1.29 bits per heavy atom. The van der Waals surface area contributed by atoms with Crippen molar-refractivity contribution in [2.24, 2.45) is 0 Å². The van der Waals surface area contributed by atoms with Crippen LogP contribution >= 0.6 is 0 Å². The number of rotatable bonds is 2. The van der Waals surface area contributed by atoms with Crippen LogP contribution in [0.4, 0.5) is 0 Å². The van der Waals surface area contributed by atoms with Gasteiger partial charge in [-0.3, -0.25) is 9.59 Å². The van der Waals surface area contributed by atoms with Gasteiger partial charge in [-0.05, 0) is 24.5 Å². The molecule has 1 N–H and O–H groups in total. The molecule has 2 fully saturated rings. The predicted octanol–water partition coefficient (Wildman–Crippen LogP) is 1.78. The molecule has 4 heteroatoms. The molecule has 4 nitrogen and oxygen atoms in total. The second-order valence-corrected chi connectivity index (χ2v) is 5.89. The average molecular weight is 285 g/mol. The van der Waals surface area contributed by atoms with Crippen LogP contribution < -0.4 is 0 Å². The van der Waals surface area contributed by atoms with Crippen molar-refractivity contribution in [3.05, 3.63) is 42.0 Å². The fourth-order valence-electron chi connectivity index (χ4n) is 3.28. The van der Waals surface area contributed by atoms with Crippen LogP contribution in [-0.4, -0.2) is 39.9 Å². The quantitative estimate of drug-likeness (QED) is 0.843. The smallest absolute Gasteiger partial charge is 0.246 e. The molecule has 0 unspecified atom stereocenters. The summed E-state index contributed by atoms with van der Waals surface area (Å²) in [4.78, 5) is 25.6. The zero-order chi connectivity index (χ0) is 14.9. The Kier molecular flexibility index (Phi) is 3.64. The van der Waals surface area contributed by atoms with Crippen molar-refractivity contribution in [1.29, 1.82) is 0 Å². The summed E-state index contributed by atoms with van der Waals surface area (Å²) in [6.45, 7) is 0.520. The van der Waals surface area contributed by atoms with Gasteiger partial charge in [0, 0.05) is 25.5 Å². The monoisotopic (exact) mass is 285 g/mol. The SMILES string of the molecule is O=C1CC[C@@]2(O)CCN(C(=O)/C=C/c3ccccc3)[C@H]2C1. The van der Waals surface area contributed by atoms with Crippen LogP contribution in [0.15, 0.2) is 36.4 Å². The van der Waals surface area contributed by atoms with E-state index in [0.717, 1.165) is 5.56 Å². The van der Waals surface area contributed by atoms with E-state index >= 15 is 0 Å². The van der Waals surface area contributed by atoms with Crippen molar-refractivity contribution in [1.82, 2.24) is 4.90 Å². The Bertz CT molecular complexity index is 581. The minimum Gasteiger partial charge on any atom is -0.388 e. The Morgan fingerprint density at radius 2 is 2.05 bits per heavy atom. The van der Waals surface area contributed by atoms with Crippen molar-refractivity contribution in [2.75, 3.05) is 6.54 Å². The topological polar surface area (TPSA) is 57.6 Å². The lowest BCUT2D eigenvalue weighted by Crippen LogP contribution is -2.50. The van der Waals surface area contributed by atoms with Crippen LogP contribution in [-0.2, 0) is 9.59 Å². The maximum atomic E-state index is 12.3. The Labute approximate surface area is 124 Å². The number of likely N-dealkylation sites (tertiary alicyclic amines) is 1. The molecule has 2 atom stereocenters. The first-order chi connectivity index (χ1) is 10.1. The number of carbonyl (C=O) groups is 2. The average Bonchev–Trinajstić information content (AvgIpc) is 2.83. The number of hydrogen-bond donors (Lipinski definition) is 1. The van der Waals surface area contributed by atoms with E-state index in [0.29, 0.717) is 25.8 Å². The maximum absolute atomic E-state index is 12.3. The predicted molar refractivity (Wildman–Crippen MR) is 79.4 cm³/mol. The molecule has 3 rings (SSSR count). The van der Waals surface area contributed by atoms with Crippen molar-refractivity contribution in [3.8, 4) is 0 Å². The highest BCUT2D eigenvalue weighted by atomic mass is 16.3. The van der Waals surface area contributed by atoms with Gasteiger partial charge in [0.05, 0.1) is 11.6 Å². The highest BCUT2D eigenvalue weighted by Crippen LogP contribution is 2.38. The molecule has 0 bridgehead atoms. The molecular weight excluding hydrogens is 266 g/mol. The first kappa shape index (κ1) is 14.0. The molecular formula is C17H19NO3. The van der Waals surface area contributed by atoms with E-state index in [1.165, 1.54) is 6.08 Å². The Morgan fingerprint density at radius 3 is 2.81 bits per heavy atom.